The minimum atomic E-state index is -0.186. The zero-order valence-electron chi connectivity index (χ0n) is 8.60. The fraction of sp³-hybridized carbons (Fsp3) is 0.556. The first-order valence-corrected chi connectivity index (χ1v) is 4.42. The lowest BCUT2D eigenvalue weighted by atomic mass is 10.2. The van der Waals surface area contributed by atoms with Crippen molar-refractivity contribution in [3.8, 4) is 0 Å². The van der Waals surface area contributed by atoms with Crippen molar-refractivity contribution < 1.29 is 4.74 Å². The summed E-state index contributed by atoms with van der Waals surface area (Å²) < 4.78 is 6.71. The van der Waals surface area contributed by atoms with Crippen molar-refractivity contribution in [1.29, 1.82) is 0 Å². The molecule has 0 amide bonds. The number of ether oxygens (including phenoxy) is 1. The van der Waals surface area contributed by atoms with Crippen LogP contribution in [-0.4, -0.2) is 28.7 Å². The zero-order chi connectivity index (χ0) is 10.6. The van der Waals surface area contributed by atoms with Gasteiger partial charge in [-0.05, 0) is 6.92 Å². The Morgan fingerprint density at radius 3 is 3.07 bits per heavy atom. The lowest BCUT2D eigenvalue weighted by molar-refractivity contribution is 0.178. The van der Waals surface area contributed by atoms with Gasteiger partial charge in [-0.15, -0.1) is 5.10 Å². The van der Waals surface area contributed by atoms with E-state index in [0.29, 0.717) is 13.2 Å². The number of aromatic nitrogens is 3. The van der Waals surface area contributed by atoms with Crippen LogP contribution in [-0.2, 0) is 11.3 Å². The highest BCUT2D eigenvalue weighted by Gasteiger charge is 2.12. The number of nitrogens with zero attached hydrogens (tertiary/aromatic N) is 3. The molecule has 1 aromatic heterocycles. The van der Waals surface area contributed by atoms with Gasteiger partial charge in [0.15, 0.2) is 0 Å². The fourth-order valence-corrected chi connectivity index (χ4v) is 1.20. The van der Waals surface area contributed by atoms with Crippen molar-refractivity contribution in [2.24, 2.45) is 5.73 Å². The fourth-order valence-electron chi connectivity index (χ4n) is 1.20. The second-order valence-electron chi connectivity index (χ2n) is 3.34. The molecule has 0 aliphatic carbocycles. The molecule has 0 radical (unpaired) electrons. The third-order valence-electron chi connectivity index (χ3n) is 1.79. The van der Waals surface area contributed by atoms with Crippen molar-refractivity contribution >= 4 is 0 Å². The number of hydrogen-bond acceptors (Lipinski definition) is 4. The average Bonchev–Trinajstić information content (AvgIpc) is 2.51. The van der Waals surface area contributed by atoms with Gasteiger partial charge >= 0.3 is 0 Å². The smallest absolute Gasteiger partial charge is 0.0781 e. The Morgan fingerprint density at radius 1 is 1.79 bits per heavy atom. The molecule has 0 saturated heterocycles. The molecule has 0 spiro atoms. The van der Waals surface area contributed by atoms with Crippen molar-refractivity contribution in [3.05, 3.63) is 24.0 Å². The lowest BCUT2D eigenvalue weighted by Crippen LogP contribution is -2.20. The van der Waals surface area contributed by atoms with E-state index in [-0.39, 0.29) is 6.04 Å². The van der Waals surface area contributed by atoms with Crippen LogP contribution in [0, 0.1) is 0 Å². The number of allylic oxidation sites excluding steroid dienone is 1. The molecule has 0 fully saturated rings. The van der Waals surface area contributed by atoms with Gasteiger partial charge in [0.25, 0.3) is 0 Å². The van der Waals surface area contributed by atoms with Crippen LogP contribution in [0.3, 0.4) is 0 Å². The first-order valence-electron chi connectivity index (χ1n) is 4.42. The molecule has 1 heterocycles. The summed E-state index contributed by atoms with van der Waals surface area (Å²) in [5, 5.41) is 7.74. The first-order chi connectivity index (χ1) is 6.65. The number of rotatable bonds is 5. The summed E-state index contributed by atoms with van der Waals surface area (Å²) in [6.07, 6.45) is 1.66. The van der Waals surface area contributed by atoms with Crippen molar-refractivity contribution in [2.45, 2.75) is 19.5 Å². The van der Waals surface area contributed by atoms with Crippen molar-refractivity contribution in [1.82, 2.24) is 15.0 Å². The Labute approximate surface area is 83.5 Å². The van der Waals surface area contributed by atoms with Gasteiger partial charge in [0, 0.05) is 7.11 Å². The molecule has 0 unspecified atom stereocenters. The zero-order valence-corrected chi connectivity index (χ0v) is 8.60. The van der Waals surface area contributed by atoms with E-state index < -0.39 is 0 Å². The summed E-state index contributed by atoms with van der Waals surface area (Å²) in [5.74, 6) is 0. The quantitative estimate of drug-likeness (QED) is 0.696. The highest BCUT2D eigenvalue weighted by molar-refractivity contribution is 5.03. The summed E-state index contributed by atoms with van der Waals surface area (Å²) in [6, 6.07) is -0.186. The second-order valence-corrected chi connectivity index (χ2v) is 3.34. The number of nitrogens with two attached hydrogens (primary N) is 1. The Bertz CT molecular complexity index is 308. The van der Waals surface area contributed by atoms with Crippen LogP contribution in [0.1, 0.15) is 18.7 Å². The largest absolute Gasteiger partial charge is 0.383 e. The Hall–Kier alpha value is -1.20. The summed E-state index contributed by atoms with van der Waals surface area (Å²) in [5.41, 5.74) is 7.76. The molecule has 1 rings (SSSR count). The minimum absolute atomic E-state index is 0.186. The van der Waals surface area contributed by atoms with Crippen LogP contribution >= 0.6 is 0 Å². The Kier molecular flexibility index (Phi) is 3.79. The van der Waals surface area contributed by atoms with Crippen molar-refractivity contribution in [3.63, 3.8) is 0 Å². The van der Waals surface area contributed by atoms with E-state index in [1.54, 1.807) is 18.0 Å². The van der Waals surface area contributed by atoms with Crippen LogP contribution in [0.5, 0.6) is 0 Å². The molecule has 1 atom stereocenters. The van der Waals surface area contributed by atoms with Gasteiger partial charge in [0.1, 0.15) is 0 Å². The Morgan fingerprint density at radius 2 is 2.50 bits per heavy atom. The highest BCUT2D eigenvalue weighted by atomic mass is 16.5. The molecule has 0 aliphatic heterocycles. The van der Waals surface area contributed by atoms with Gasteiger partial charge < -0.3 is 10.5 Å². The van der Waals surface area contributed by atoms with Crippen LogP contribution in [0.15, 0.2) is 18.3 Å². The maximum atomic E-state index is 5.87. The molecule has 5 nitrogen and oxygen atoms in total. The second kappa shape index (κ2) is 4.88. The molecular weight excluding hydrogens is 180 g/mol. The van der Waals surface area contributed by atoms with Crippen LogP contribution < -0.4 is 5.73 Å². The van der Waals surface area contributed by atoms with Gasteiger partial charge in [-0.25, -0.2) is 4.68 Å². The number of methoxy groups -OCH3 is 1. The van der Waals surface area contributed by atoms with E-state index >= 15 is 0 Å². The normalized spacial score (nSPS) is 12.8. The van der Waals surface area contributed by atoms with Crippen molar-refractivity contribution in [2.75, 3.05) is 13.7 Å². The van der Waals surface area contributed by atoms with Crippen LogP contribution in [0.4, 0.5) is 0 Å². The molecule has 0 saturated carbocycles. The molecule has 0 aliphatic rings. The van der Waals surface area contributed by atoms with Crippen LogP contribution in [0.2, 0.25) is 0 Å². The van der Waals surface area contributed by atoms with Gasteiger partial charge in [0.2, 0.25) is 0 Å². The van der Waals surface area contributed by atoms with Gasteiger partial charge in [-0.1, -0.05) is 17.4 Å². The van der Waals surface area contributed by atoms with E-state index in [9.17, 15) is 0 Å². The maximum Gasteiger partial charge on any atom is 0.0781 e. The molecule has 78 valence electrons. The standard InChI is InChI=1S/C9H16N4O/c1-7(2)5-13-9(4-11-12-13)8(10)6-14-3/h4,8H,1,5-6,10H2,2-3H3/t8-/m0/s1. The minimum Gasteiger partial charge on any atom is -0.383 e. The predicted molar refractivity (Wildman–Crippen MR) is 53.6 cm³/mol. The molecule has 1 aromatic rings. The van der Waals surface area contributed by atoms with Gasteiger partial charge in [-0.2, -0.15) is 0 Å². The SMILES string of the molecule is C=C(C)Cn1nncc1[C@@H](N)COC. The van der Waals surface area contributed by atoms with Crippen LogP contribution in [0.25, 0.3) is 0 Å². The topological polar surface area (TPSA) is 66.0 Å². The third-order valence-corrected chi connectivity index (χ3v) is 1.79. The lowest BCUT2D eigenvalue weighted by Gasteiger charge is -2.11. The maximum absolute atomic E-state index is 5.87. The summed E-state index contributed by atoms with van der Waals surface area (Å²) >= 11 is 0. The van der Waals surface area contributed by atoms with Gasteiger partial charge in [0.05, 0.1) is 31.1 Å². The van der Waals surface area contributed by atoms with E-state index in [1.165, 1.54) is 0 Å². The molecule has 0 aromatic carbocycles. The molecule has 0 bridgehead atoms. The number of hydrogen-bond donors (Lipinski definition) is 1. The van der Waals surface area contributed by atoms with E-state index in [0.717, 1.165) is 11.3 Å². The van der Waals surface area contributed by atoms with E-state index in [1.807, 2.05) is 6.92 Å². The van der Waals surface area contributed by atoms with E-state index in [4.69, 9.17) is 10.5 Å². The summed E-state index contributed by atoms with van der Waals surface area (Å²) in [6.45, 7) is 6.86. The third kappa shape index (κ3) is 2.65. The molecule has 14 heavy (non-hydrogen) atoms. The molecular formula is C9H16N4O. The Balaban J connectivity index is 2.75. The van der Waals surface area contributed by atoms with E-state index in [2.05, 4.69) is 16.9 Å². The summed E-state index contributed by atoms with van der Waals surface area (Å²) in [7, 11) is 1.62. The summed E-state index contributed by atoms with van der Waals surface area (Å²) in [4.78, 5) is 0. The first kappa shape index (κ1) is 10.9. The molecule has 5 heteroatoms. The monoisotopic (exact) mass is 196 g/mol. The van der Waals surface area contributed by atoms with Gasteiger partial charge in [-0.3, -0.25) is 0 Å². The highest BCUT2D eigenvalue weighted by Crippen LogP contribution is 2.09. The average molecular weight is 196 g/mol. The predicted octanol–water partition coefficient (Wildman–Crippen LogP) is 0.500. The molecule has 2 N–H and O–H groups in total.